The van der Waals surface area contributed by atoms with Crippen molar-refractivity contribution in [1.29, 1.82) is 0 Å². The second-order valence-corrected chi connectivity index (χ2v) is 6.51. The third kappa shape index (κ3) is 3.12. The number of ether oxygens (including phenoxy) is 1. The van der Waals surface area contributed by atoms with Gasteiger partial charge in [-0.05, 0) is 74.7 Å². The monoisotopic (exact) mass is 341 g/mol. The highest BCUT2D eigenvalue weighted by molar-refractivity contribution is 8.00. The molecule has 124 valence electrons. The normalized spacial score (nSPS) is 10.8. The van der Waals surface area contributed by atoms with Crippen LogP contribution in [0.25, 0.3) is 11.0 Å². The van der Waals surface area contributed by atoms with E-state index >= 15 is 0 Å². The Morgan fingerprint density at radius 3 is 2.50 bits per heavy atom. The molecule has 0 saturated carbocycles. The lowest BCUT2D eigenvalue weighted by Gasteiger charge is -2.09. The zero-order chi connectivity index (χ0) is 17.3. The Kier molecular flexibility index (Phi) is 4.53. The zero-order valence-corrected chi connectivity index (χ0v) is 14.9. The van der Waals surface area contributed by atoms with Gasteiger partial charge in [-0.25, -0.2) is 0 Å². The van der Waals surface area contributed by atoms with E-state index in [9.17, 15) is 4.79 Å². The Bertz CT molecular complexity index is 897. The van der Waals surface area contributed by atoms with Gasteiger partial charge < -0.3 is 13.9 Å². The summed E-state index contributed by atoms with van der Waals surface area (Å²) in [6.45, 7) is 5.41. The van der Waals surface area contributed by atoms with Gasteiger partial charge >= 0.3 is 0 Å². The van der Waals surface area contributed by atoms with Gasteiger partial charge in [0.1, 0.15) is 17.1 Å². The summed E-state index contributed by atoms with van der Waals surface area (Å²) in [6, 6.07) is 11.8. The third-order valence-electron chi connectivity index (χ3n) is 3.90. The number of carbonyl (C=O) groups excluding carboxylic acids is 1. The molecule has 0 atom stereocenters. The molecular formula is C19H19NO3S. The molecule has 0 fully saturated rings. The van der Waals surface area contributed by atoms with Crippen LogP contribution >= 0.6 is 11.9 Å². The second-order valence-electron chi connectivity index (χ2n) is 5.63. The van der Waals surface area contributed by atoms with Crippen LogP contribution in [0.5, 0.6) is 5.75 Å². The highest BCUT2D eigenvalue weighted by Gasteiger charge is 2.16. The minimum Gasteiger partial charge on any atom is -0.497 e. The number of carbonyl (C=O) groups is 1. The van der Waals surface area contributed by atoms with Crippen molar-refractivity contribution in [2.24, 2.45) is 0 Å². The maximum Gasteiger partial charge on any atom is 0.163 e. The van der Waals surface area contributed by atoms with Crippen LogP contribution in [0.4, 0.5) is 5.69 Å². The van der Waals surface area contributed by atoms with Gasteiger partial charge in [-0.15, -0.1) is 0 Å². The van der Waals surface area contributed by atoms with E-state index in [4.69, 9.17) is 9.15 Å². The van der Waals surface area contributed by atoms with Crippen LogP contribution in [0.3, 0.4) is 0 Å². The number of benzene rings is 2. The van der Waals surface area contributed by atoms with Gasteiger partial charge in [0.15, 0.2) is 5.78 Å². The predicted octanol–water partition coefficient (Wildman–Crippen LogP) is 5.38. The Labute approximate surface area is 145 Å². The number of hydrogen-bond donors (Lipinski definition) is 1. The van der Waals surface area contributed by atoms with E-state index in [0.29, 0.717) is 11.3 Å². The van der Waals surface area contributed by atoms with Gasteiger partial charge in [0, 0.05) is 16.0 Å². The number of methoxy groups -OCH3 is 1. The first-order valence-electron chi connectivity index (χ1n) is 7.61. The SMILES string of the molecule is COc1ccc(SNc2cc3c(C(C)=O)c(C)oc3cc2C)cc1. The molecule has 5 heteroatoms. The molecular weight excluding hydrogens is 322 g/mol. The van der Waals surface area contributed by atoms with Crippen molar-refractivity contribution in [3.05, 3.63) is 53.3 Å². The molecule has 0 unspecified atom stereocenters. The van der Waals surface area contributed by atoms with Crippen LogP contribution in [0.1, 0.15) is 28.6 Å². The number of furan rings is 1. The third-order valence-corrected chi connectivity index (χ3v) is 4.73. The summed E-state index contributed by atoms with van der Waals surface area (Å²) in [5.41, 5.74) is 3.43. The van der Waals surface area contributed by atoms with Crippen LogP contribution in [0.2, 0.25) is 0 Å². The standard InChI is InChI=1S/C19H19NO3S/c1-11-9-18-16(19(12(2)21)13(3)23-18)10-17(11)20-24-15-7-5-14(22-4)6-8-15/h5-10,20H,1-4H3. The number of ketones is 1. The Morgan fingerprint density at radius 1 is 1.17 bits per heavy atom. The largest absolute Gasteiger partial charge is 0.497 e. The fourth-order valence-electron chi connectivity index (χ4n) is 2.67. The number of fused-ring (bicyclic) bond motifs is 1. The maximum atomic E-state index is 11.9. The zero-order valence-electron chi connectivity index (χ0n) is 14.1. The molecule has 3 rings (SSSR count). The van der Waals surface area contributed by atoms with Crippen molar-refractivity contribution in [2.75, 3.05) is 11.8 Å². The lowest BCUT2D eigenvalue weighted by molar-refractivity contribution is 0.101. The lowest BCUT2D eigenvalue weighted by atomic mass is 10.1. The highest BCUT2D eigenvalue weighted by Crippen LogP contribution is 2.33. The Morgan fingerprint density at radius 2 is 1.88 bits per heavy atom. The van der Waals surface area contributed by atoms with Crippen molar-refractivity contribution < 1.29 is 13.9 Å². The number of rotatable bonds is 5. The summed E-state index contributed by atoms with van der Waals surface area (Å²) in [6.07, 6.45) is 0. The van der Waals surface area contributed by atoms with E-state index in [1.54, 1.807) is 14.0 Å². The topological polar surface area (TPSA) is 51.5 Å². The minimum absolute atomic E-state index is 0.0175. The smallest absolute Gasteiger partial charge is 0.163 e. The molecule has 1 aromatic heterocycles. The molecule has 0 saturated heterocycles. The highest BCUT2D eigenvalue weighted by atomic mass is 32.2. The Hall–Kier alpha value is -2.40. The number of anilines is 1. The van der Waals surface area contributed by atoms with Gasteiger partial charge in [0.05, 0.1) is 12.7 Å². The van der Waals surface area contributed by atoms with Gasteiger partial charge in [-0.3, -0.25) is 4.79 Å². The van der Waals surface area contributed by atoms with Gasteiger partial charge in [0.25, 0.3) is 0 Å². The molecule has 0 aliphatic heterocycles. The number of Topliss-reactive ketones (excluding diaryl/α,β-unsaturated/α-hetero) is 1. The molecule has 0 aliphatic carbocycles. The summed E-state index contributed by atoms with van der Waals surface area (Å²) in [5, 5.41) is 0.850. The van der Waals surface area contributed by atoms with Crippen LogP contribution in [-0.4, -0.2) is 12.9 Å². The summed E-state index contributed by atoms with van der Waals surface area (Å²) >= 11 is 1.52. The number of nitrogens with one attached hydrogen (secondary N) is 1. The summed E-state index contributed by atoms with van der Waals surface area (Å²) in [5.74, 6) is 1.51. The van der Waals surface area contributed by atoms with E-state index in [1.165, 1.54) is 11.9 Å². The summed E-state index contributed by atoms with van der Waals surface area (Å²) < 4.78 is 14.2. The average molecular weight is 341 g/mol. The quantitative estimate of drug-likeness (QED) is 0.499. The summed E-state index contributed by atoms with van der Waals surface area (Å²) in [7, 11) is 1.65. The van der Waals surface area contributed by atoms with Crippen molar-refractivity contribution in [3.8, 4) is 5.75 Å². The van der Waals surface area contributed by atoms with Crippen LogP contribution in [0, 0.1) is 13.8 Å². The van der Waals surface area contributed by atoms with Crippen LogP contribution in [0.15, 0.2) is 45.7 Å². The number of hydrogen-bond acceptors (Lipinski definition) is 5. The van der Waals surface area contributed by atoms with Crippen LogP contribution in [-0.2, 0) is 0 Å². The molecule has 24 heavy (non-hydrogen) atoms. The molecule has 0 amide bonds. The van der Waals surface area contributed by atoms with Gasteiger partial charge in [-0.2, -0.15) is 0 Å². The second kappa shape index (κ2) is 6.61. The molecule has 2 aromatic carbocycles. The van der Waals surface area contributed by atoms with E-state index < -0.39 is 0 Å². The average Bonchev–Trinajstić information content (AvgIpc) is 2.87. The predicted molar refractivity (Wildman–Crippen MR) is 98.2 cm³/mol. The fraction of sp³-hybridized carbons (Fsp3) is 0.211. The lowest BCUT2D eigenvalue weighted by Crippen LogP contribution is -1.94. The molecule has 1 heterocycles. The number of aryl methyl sites for hydroxylation is 2. The molecule has 0 bridgehead atoms. The first-order chi connectivity index (χ1) is 11.5. The molecule has 4 nitrogen and oxygen atoms in total. The van der Waals surface area contributed by atoms with Crippen molar-refractivity contribution >= 4 is 34.4 Å². The van der Waals surface area contributed by atoms with Crippen LogP contribution < -0.4 is 9.46 Å². The van der Waals surface area contributed by atoms with E-state index in [0.717, 1.165) is 32.9 Å². The van der Waals surface area contributed by atoms with E-state index in [2.05, 4.69) is 4.72 Å². The molecule has 0 radical (unpaired) electrons. The minimum atomic E-state index is 0.0175. The molecule has 3 aromatic rings. The molecule has 1 N–H and O–H groups in total. The van der Waals surface area contributed by atoms with Crippen molar-refractivity contribution in [1.82, 2.24) is 0 Å². The molecule has 0 aliphatic rings. The summed E-state index contributed by atoms with van der Waals surface area (Å²) in [4.78, 5) is 13.0. The molecule has 0 spiro atoms. The van der Waals surface area contributed by atoms with Gasteiger partial charge in [0.2, 0.25) is 0 Å². The van der Waals surface area contributed by atoms with Crippen molar-refractivity contribution in [3.63, 3.8) is 0 Å². The maximum absolute atomic E-state index is 11.9. The fourth-order valence-corrected chi connectivity index (χ4v) is 3.39. The van der Waals surface area contributed by atoms with E-state index in [-0.39, 0.29) is 5.78 Å². The first-order valence-corrected chi connectivity index (χ1v) is 8.43. The Balaban J connectivity index is 1.89. The van der Waals surface area contributed by atoms with Gasteiger partial charge in [-0.1, -0.05) is 0 Å². The first kappa shape index (κ1) is 16.5. The van der Waals surface area contributed by atoms with E-state index in [1.807, 2.05) is 50.2 Å². The van der Waals surface area contributed by atoms with Crippen molar-refractivity contribution in [2.45, 2.75) is 25.7 Å².